The van der Waals surface area contributed by atoms with E-state index in [1.54, 1.807) is 45.0 Å². The summed E-state index contributed by atoms with van der Waals surface area (Å²) in [5, 5.41) is 23.3. The van der Waals surface area contributed by atoms with Gasteiger partial charge in [0.1, 0.15) is 42.1 Å². The van der Waals surface area contributed by atoms with Gasteiger partial charge in [-0.2, -0.15) is 0 Å². The fraction of sp³-hybridized carbons (Fsp3) is 0.722. The van der Waals surface area contributed by atoms with Crippen molar-refractivity contribution in [3.05, 3.63) is 29.8 Å². The Bertz CT molecular complexity index is 2130. The molecule has 0 aliphatic carbocycles. The summed E-state index contributed by atoms with van der Waals surface area (Å²) in [7, 11) is 4.46. The van der Waals surface area contributed by atoms with Crippen molar-refractivity contribution in [2.75, 3.05) is 34.3 Å². The number of nitrogens with one attached hydrogen (secondary N) is 4. The van der Waals surface area contributed by atoms with Crippen LogP contribution in [0.1, 0.15) is 126 Å². The number of rotatable bonds is 14. The van der Waals surface area contributed by atoms with Crippen LogP contribution in [0, 0.1) is 29.6 Å². The van der Waals surface area contributed by atoms with Crippen molar-refractivity contribution < 1.29 is 62.5 Å². The number of hydrogen-bond donors (Lipinski definition) is 5. The van der Waals surface area contributed by atoms with Gasteiger partial charge in [0.25, 0.3) is 0 Å². The van der Waals surface area contributed by atoms with Crippen molar-refractivity contribution >= 4 is 53.2 Å². The number of aliphatic hydroxyl groups excluding tert-OH is 1. The van der Waals surface area contributed by atoms with Crippen molar-refractivity contribution in [1.29, 1.82) is 0 Å². The maximum atomic E-state index is 14.9. The van der Waals surface area contributed by atoms with E-state index in [-0.39, 0.29) is 50.0 Å². The predicted molar refractivity (Wildman–Crippen MR) is 275 cm³/mol. The Kier molecular flexibility index (Phi) is 22.9. The lowest BCUT2D eigenvalue weighted by Gasteiger charge is -2.36. The number of fused-ring (bicyclic) bond motifs is 1. The zero-order valence-electron chi connectivity index (χ0n) is 45.9. The van der Waals surface area contributed by atoms with E-state index in [9.17, 15) is 48.3 Å². The third-order valence-electron chi connectivity index (χ3n) is 14.7. The molecular formula is C54H85N7O13. The number of aliphatic hydroxyl groups is 1. The van der Waals surface area contributed by atoms with Gasteiger partial charge < -0.3 is 55.3 Å². The van der Waals surface area contributed by atoms with Crippen LogP contribution in [-0.2, 0) is 59.0 Å². The molecule has 4 rings (SSSR count). The van der Waals surface area contributed by atoms with Crippen LogP contribution >= 0.6 is 0 Å². The van der Waals surface area contributed by atoms with Gasteiger partial charge in [-0.1, -0.05) is 73.9 Å². The first-order valence-electron chi connectivity index (χ1n) is 26.5. The smallest absolute Gasteiger partial charge is 0.329 e. The first-order chi connectivity index (χ1) is 34.8. The molecule has 3 heterocycles. The highest BCUT2D eigenvalue weighted by atomic mass is 16.6. The van der Waals surface area contributed by atoms with Crippen LogP contribution in [0.5, 0.6) is 5.75 Å². The Morgan fingerprint density at radius 3 is 2.12 bits per heavy atom. The number of esters is 2. The molecule has 3 fully saturated rings. The van der Waals surface area contributed by atoms with E-state index in [2.05, 4.69) is 21.3 Å². The average Bonchev–Trinajstić information content (AvgIpc) is 4.09. The number of methoxy groups -OCH3 is 1. The molecule has 3 saturated heterocycles. The number of hydrogen-bond acceptors (Lipinski definition) is 14. The van der Waals surface area contributed by atoms with Gasteiger partial charge in [0.05, 0.1) is 37.6 Å². The lowest BCUT2D eigenvalue weighted by Crippen LogP contribution is -2.62. The molecule has 5 N–H and O–H groups in total. The van der Waals surface area contributed by atoms with Crippen LogP contribution < -0.4 is 26.0 Å². The van der Waals surface area contributed by atoms with Crippen molar-refractivity contribution in [3.63, 3.8) is 0 Å². The normalized spacial score (nSPS) is 28.3. The molecule has 0 bridgehead atoms. The molecule has 0 spiro atoms. The lowest BCUT2D eigenvalue weighted by molar-refractivity contribution is -0.163. The number of carbonyl (C=O) groups is 9. The molecule has 3 aliphatic rings. The van der Waals surface area contributed by atoms with Crippen LogP contribution in [0.3, 0.4) is 0 Å². The zero-order chi connectivity index (χ0) is 55.3. The summed E-state index contributed by atoms with van der Waals surface area (Å²) in [6.07, 6.45) is -2.50. The molecule has 1 aromatic rings. The summed E-state index contributed by atoms with van der Waals surface area (Å²) in [5.41, 5.74) is 0.604. The highest BCUT2D eigenvalue weighted by Crippen LogP contribution is 2.26. The molecule has 0 radical (unpaired) electrons. The number of benzene rings is 1. The van der Waals surface area contributed by atoms with E-state index in [1.807, 2.05) is 34.6 Å². The van der Waals surface area contributed by atoms with Crippen LogP contribution in [0.25, 0.3) is 0 Å². The van der Waals surface area contributed by atoms with E-state index >= 15 is 0 Å². The first-order valence-corrected chi connectivity index (χ1v) is 26.5. The van der Waals surface area contributed by atoms with Gasteiger partial charge in [-0.05, 0) is 100 Å². The number of Topliss-reactive ketones (excluding diaryl/α,β-unsaturated/α-hetero) is 1. The Morgan fingerprint density at radius 2 is 1.55 bits per heavy atom. The van der Waals surface area contributed by atoms with Gasteiger partial charge in [-0.15, -0.1) is 0 Å². The molecule has 0 aromatic heterocycles. The molecule has 1 aromatic carbocycles. The van der Waals surface area contributed by atoms with Crippen molar-refractivity contribution in [2.45, 2.75) is 188 Å². The quantitative estimate of drug-likeness (QED) is 0.133. The van der Waals surface area contributed by atoms with Crippen LogP contribution in [-0.4, -0.2) is 168 Å². The Labute approximate surface area is 437 Å². The molecule has 12 atom stereocenters. The molecule has 3 aliphatic heterocycles. The summed E-state index contributed by atoms with van der Waals surface area (Å²) < 4.78 is 17.2. The number of ether oxygens (including phenoxy) is 3. The topological polar surface area (TPSA) is 259 Å². The standard InChI is InChI=1S/C54H85N7O13/c1-14-32(8)44-42(62)28-43(63)74-47(31(6)7)46(64)33(9)48(65)56-38(25-29(2)3)52(69)61-24-16-18-39(61)53(70)60(12)41(27-35-19-21-36(72-13)22-20-35)54(71)73-34(10)45(50(67)57-44)58-49(66)40(26-30(4)5)59(11)51(68)37-17-15-23-55-37/h19-22,29-34,37-42,44-45,47,55,62H,14-18,23-28H2,1-13H3,(H,56,65)(H,57,67)(H,58,66)/t32-,33-,34+,37-,38-,39-,40+,41-,42-,44-,45+,47-/m0/s1. The van der Waals surface area contributed by atoms with E-state index in [0.717, 1.165) is 6.42 Å². The molecule has 20 heteroatoms. The Balaban J connectivity index is 1.88. The lowest BCUT2D eigenvalue weighted by atomic mass is 9.91. The minimum atomic E-state index is -1.67. The Hall–Kier alpha value is -5.63. The highest BCUT2D eigenvalue weighted by molar-refractivity contribution is 6.05. The van der Waals surface area contributed by atoms with Crippen molar-refractivity contribution in [3.8, 4) is 5.75 Å². The average molecular weight is 1040 g/mol. The second-order valence-corrected chi connectivity index (χ2v) is 21.7. The van der Waals surface area contributed by atoms with Gasteiger partial charge >= 0.3 is 11.9 Å². The van der Waals surface area contributed by atoms with Gasteiger partial charge in [0, 0.05) is 27.1 Å². The summed E-state index contributed by atoms with van der Waals surface area (Å²) >= 11 is 0. The number of likely N-dealkylation sites (N-methyl/N-ethyl adjacent to an activating group) is 2. The van der Waals surface area contributed by atoms with E-state index in [1.165, 1.54) is 49.8 Å². The predicted octanol–water partition coefficient (Wildman–Crippen LogP) is 2.70. The maximum absolute atomic E-state index is 14.9. The van der Waals surface area contributed by atoms with E-state index in [4.69, 9.17) is 14.2 Å². The SMILES string of the molecule is CC[C@H](C)[C@@H]1NC(=O)[C@H](NC(=O)[C@@H](CC(C)C)N(C)C(=O)[C@@H]2CCCN2)[C@@H](C)OC(=O)[C@H](Cc2ccc(OC)cc2)N(C)C(=O)[C@@H]2CCCN2C(=O)[C@H](CC(C)C)NC(=O)[C@@H](C)C(=O)[C@H](C(C)C)OC(=O)C[C@@H]1O. The second-order valence-electron chi connectivity index (χ2n) is 21.7. The summed E-state index contributed by atoms with van der Waals surface area (Å²) in [5.74, 6) is -8.71. The van der Waals surface area contributed by atoms with Crippen molar-refractivity contribution in [2.24, 2.45) is 29.6 Å². The minimum absolute atomic E-state index is 0.0893. The van der Waals surface area contributed by atoms with Gasteiger partial charge in [0.15, 0.2) is 11.9 Å². The second kappa shape index (κ2) is 27.8. The molecule has 6 amide bonds. The largest absolute Gasteiger partial charge is 0.497 e. The van der Waals surface area contributed by atoms with Gasteiger partial charge in [-0.25, -0.2) is 4.79 Å². The van der Waals surface area contributed by atoms with Crippen LogP contribution in [0.15, 0.2) is 24.3 Å². The first kappa shape index (κ1) is 60.9. The fourth-order valence-electron chi connectivity index (χ4n) is 9.90. The van der Waals surface area contributed by atoms with E-state index < -0.39 is 132 Å². The van der Waals surface area contributed by atoms with Crippen LogP contribution in [0.4, 0.5) is 0 Å². The fourth-order valence-corrected chi connectivity index (χ4v) is 9.90. The molecular weight excluding hydrogens is 955 g/mol. The number of carbonyl (C=O) groups excluding carboxylic acids is 9. The summed E-state index contributed by atoms with van der Waals surface area (Å²) in [6, 6.07) is -1.16. The van der Waals surface area contributed by atoms with E-state index in [0.29, 0.717) is 37.1 Å². The van der Waals surface area contributed by atoms with Crippen molar-refractivity contribution in [1.82, 2.24) is 36.0 Å². The molecule has 74 heavy (non-hydrogen) atoms. The highest BCUT2D eigenvalue weighted by Gasteiger charge is 2.45. The number of nitrogens with zero attached hydrogens (tertiary/aromatic N) is 3. The number of ketones is 1. The molecule has 414 valence electrons. The minimum Gasteiger partial charge on any atom is -0.497 e. The number of amides is 6. The maximum Gasteiger partial charge on any atom is 0.329 e. The molecule has 20 nitrogen and oxygen atoms in total. The monoisotopic (exact) mass is 1040 g/mol. The molecule has 0 saturated carbocycles. The third-order valence-corrected chi connectivity index (χ3v) is 14.7. The van der Waals surface area contributed by atoms with Gasteiger partial charge in [-0.3, -0.25) is 38.4 Å². The molecule has 0 unspecified atom stereocenters. The van der Waals surface area contributed by atoms with Crippen LogP contribution in [0.2, 0.25) is 0 Å². The van der Waals surface area contributed by atoms with Gasteiger partial charge in [0.2, 0.25) is 35.4 Å². The Morgan fingerprint density at radius 1 is 0.892 bits per heavy atom. The third kappa shape index (κ3) is 15.9. The summed E-state index contributed by atoms with van der Waals surface area (Å²) in [6.45, 7) is 17.9. The zero-order valence-corrected chi connectivity index (χ0v) is 45.9. The number of cyclic esters (lactones) is 2. The summed E-state index contributed by atoms with van der Waals surface area (Å²) in [4.78, 5) is 133.